The molecule has 7 heteroatoms. The molecule has 1 N–H and O–H groups in total. The van der Waals surface area contributed by atoms with E-state index in [0.29, 0.717) is 11.4 Å². The average molecular weight is 370 g/mol. The number of benzene rings is 2. The van der Waals surface area contributed by atoms with Crippen molar-refractivity contribution in [2.75, 3.05) is 43.4 Å². The van der Waals surface area contributed by atoms with Gasteiger partial charge in [-0.3, -0.25) is 0 Å². The quantitative estimate of drug-likeness (QED) is 0.834. The lowest BCUT2D eigenvalue weighted by molar-refractivity contribution is -0.137. The van der Waals surface area contributed by atoms with Gasteiger partial charge in [0.15, 0.2) is 0 Å². The Bertz CT molecular complexity index is 723. The zero-order valence-corrected chi connectivity index (χ0v) is 14.5. The summed E-state index contributed by atoms with van der Waals surface area (Å²) in [6.45, 7) is 3.96. The van der Waals surface area contributed by atoms with Gasteiger partial charge in [-0.1, -0.05) is 11.6 Å². The number of hydrogen-bond donors (Lipinski definition) is 1. The minimum atomic E-state index is -4.42. The largest absolute Gasteiger partial charge is 0.416 e. The summed E-state index contributed by atoms with van der Waals surface area (Å²) in [5.74, 6) is 0. The Balaban J connectivity index is 1.72. The molecule has 1 fully saturated rings. The van der Waals surface area contributed by atoms with E-state index >= 15 is 0 Å². The fraction of sp³-hybridized carbons (Fsp3) is 0.333. The first-order valence-electron chi connectivity index (χ1n) is 8.00. The van der Waals surface area contributed by atoms with Crippen LogP contribution in [0.25, 0.3) is 0 Å². The molecule has 2 aromatic rings. The van der Waals surface area contributed by atoms with Crippen molar-refractivity contribution in [3.63, 3.8) is 0 Å². The van der Waals surface area contributed by atoms with Crippen molar-refractivity contribution < 1.29 is 13.2 Å². The number of rotatable bonds is 3. The summed E-state index contributed by atoms with van der Waals surface area (Å²) in [5, 5.41) is 3.03. The van der Waals surface area contributed by atoms with Crippen LogP contribution in [-0.4, -0.2) is 38.1 Å². The van der Waals surface area contributed by atoms with E-state index in [1.54, 1.807) is 0 Å². The Morgan fingerprint density at radius 3 is 2.16 bits per heavy atom. The number of alkyl halides is 3. The predicted octanol–water partition coefficient (Wildman–Crippen LogP) is 4.85. The van der Waals surface area contributed by atoms with E-state index in [1.807, 2.05) is 24.3 Å². The highest BCUT2D eigenvalue weighted by Crippen LogP contribution is 2.34. The van der Waals surface area contributed by atoms with Crippen LogP contribution in [0, 0.1) is 0 Å². The van der Waals surface area contributed by atoms with Crippen LogP contribution in [0.1, 0.15) is 5.56 Å². The maximum absolute atomic E-state index is 12.9. The number of hydrogen-bond acceptors (Lipinski definition) is 3. The van der Waals surface area contributed by atoms with E-state index in [9.17, 15) is 13.2 Å². The molecule has 0 bridgehead atoms. The number of likely N-dealkylation sites (N-methyl/N-ethyl adjacent to an activating group) is 1. The minimum Gasteiger partial charge on any atom is -0.369 e. The van der Waals surface area contributed by atoms with Gasteiger partial charge in [-0.2, -0.15) is 13.2 Å². The van der Waals surface area contributed by atoms with Crippen LogP contribution in [0.15, 0.2) is 42.5 Å². The zero-order chi connectivity index (χ0) is 18.0. The van der Waals surface area contributed by atoms with E-state index in [0.717, 1.165) is 44.0 Å². The summed E-state index contributed by atoms with van der Waals surface area (Å²) in [5.41, 5.74) is 1.37. The van der Waals surface area contributed by atoms with Crippen molar-refractivity contribution in [3.8, 4) is 0 Å². The maximum atomic E-state index is 12.9. The number of piperazine rings is 1. The maximum Gasteiger partial charge on any atom is 0.416 e. The van der Waals surface area contributed by atoms with Crippen molar-refractivity contribution >= 4 is 28.7 Å². The molecule has 25 heavy (non-hydrogen) atoms. The first kappa shape index (κ1) is 17.9. The van der Waals surface area contributed by atoms with Gasteiger partial charge in [0, 0.05) is 48.3 Å². The van der Waals surface area contributed by atoms with E-state index in [1.165, 1.54) is 6.07 Å². The minimum absolute atomic E-state index is 0.0476. The summed E-state index contributed by atoms with van der Waals surface area (Å²) in [6, 6.07) is 11.1. The smallest absolute Gasteiger partial charge is 0.369 e. The molecular weight excluding hydrogens is 351 g/mol. The van der Waals surface area contributed by atoms with Crippen molar-refractivity contribution in [3.05, 3.63) is 53.1 Å². The van der Waals surface area contributed by atoms with Gasteiger partial charge in [-0.05, 0) is 49.5 Å². The Labute approximate surface area is 150 Å². The van der Waals surface area contributed by atoms with Crippen molar-refractivity contribution in [2.24, 2.45) is 0 Å². The highest BCUT2D eigenvalue weighted by atomic mass is 35.5. The molecule has 1 saturated heterocycles. The molecule has 2 aromatic carbocycles. The van der Waals surface area contributed by atoms with Crippen LogP contribution >= 0.6 is 11.6 Å². The topological polar surface area (TPSA) is 18.5 Å². The monoisotopic (exact) mass is 369 g/mol. The number of halogens is 4. The van der Waals surface area contributed by atoms with E-state index in [4.69, 9.17) is 11.6 Å². The lowest BCUT2D eigenvalue weighted by Crippen LogP contribution is -2.44. The van der Waals surface area contributed by atoms with Crippen LogP contribution in [0.2, 0.25) is 5.02 Å². The van der Waals surface area contributed by atoms with Crippen molar-refractivity contribution in [1.82, 2.24) is 4.90 Å². The first-order valence-corrected chi connectivity index (χ1v) is 8.37. The van der Waals surface area contributed by atoms with Gasteiger partial charge in [-0.25, -0.2) is 0 Å². The van der Waals surface area contributed by atoms with Gasteiger partial charge in [0.1, 0.15) is 0 Å². The Morgan fingerprint density at radius 1 is 0.920 bits per heavy atom. The molecule has 1 heterocycles. The third kappa shape index (κ3) is 4.58. The van der Waals surface area contributed by atoms with Crippen LogP contribution in [-0.2, 0) is 6.18 Å². The second-order valence-electron chi connectivity index (χ2n) is 6.19. The summed E-state index contributed by atoms with van der Waals surface area (Å²) < 4.78 is 38.6. The molecule has 3 rings (SSSR count). The van der Waals surface area contributed by atoms with Gasteiger partial charge in [-0.15, -0.1) is 0 Å². The molecule has 0 atom stereocenters. The van der Waals surface area contributed by atoms with E-state index in [-0.39, 0.29) is 5.02 Å². The first-order chi connectivity index (χ1) is 11.8. The normalized spacial score (nSPS) is 16.1. The van der Waals surface area contributed by atoms with Gasteiger partial charge in [0.25, 0.3) is 0 Å². The highest BCUT2D eigenvalue weighted by Gasteiger charge is 2.31. The van der Waals surface area contributed by atoms with Crippen molar-refractivity contribution in [2.45, 2.75) is 6.18 Å². The standard InChI is InChI=1S/C18H19ClF3N3/c1-24-6-8-25(9-7-24)17-4-2-15(3-5-17)23-16-11-13(18(20,21)22)10-14(19)12-16/h2-5,10-12,23H,6-9H2,1H3. The van der Waals surface area contributed by atoms with Crippen LogP contribution in [0.4, 0.5) is 30.2 Å². The summed E-state index contributed by atoms with van der Waals surface area (Å²) in [4.78, 5) is 4.58. The molecule has 134 valence electrons. The fourth-order valence-corrected chi connectivity index (χ4v) is 3.05. The van der Waals surface area contributed by atoms with E-state index < -0.39 is 11.7 Å². The van der Waals surface area contributed by atoms with Gasteiger partial charge in [0.2, 0.25) is 0 Å². The summed E-state index contributed by atoms with van der Waals surface area (Å²) >= 11 is 5.81. The second kappa shape index (κ2) is 7.14. The SMILES string of the molecule is CN1CCN(c2ccc(Nc3cc(Cl)cc(C(F)(F)F)c3)cc2)CC1. The molecule has 1 aliphatic rings. The number of anilines is 3. The number of nitrogens with zero attached hydrogens (tertiary/aromatic N) is 2. The van der Waals surface area contributed by atoms with Crippen LogP contribution in [0.3, 0.4) is 0 Å². The lowest BCUT2D eigenvalue weighted by atomic mass is 10.2. The molecule has 0 amide bonds. The molecule has 0 unspecified atom stereocenters. The highest BCUT2D eigenvalue weighted by molar-refractivity contribution is 6.31. The van der Waals surface area contributed by atoms with E-state index in [2.05, 4.69) is 22.2 Å². The zero-order valence-electron chi connectivity index (χ0n) is 13.8. The number of nitrogens with one attached hydrogen (secondary N) is 1. The summed E-state index contributed by atoms with van der Waals surface area (Å²) in [6.07, 6.45) is -4.42. The van der Waals surface area contributed by atoms with Crippen LogP contribution in [0.5, 0.6) is 0 Å². The third-order valence-corrected chi connectivity index (χ3v) is 4.47. The third-order valence-electron chi connectivity index (χ3n) is 4.25. The predicted molar refractivity (Wildman–Crippen MR) is 95.9 cm³/mol. The molecule has 1 aliphatic heterocycles. The average Bonchev–Trinajstić information content (AvgIpc) is 2.55. The van der Waals surface area contributed by atoms with Gasteiger partial charge in [0.05, 0.1) is 5.56 Å². The van der Waals surface area contributed by atoms with Crippen molar-refractivity contribution in [1.29, 1.82) is 0 Å². The van der Waals surface area contributed by atoms with Gasteiger partial charge >= 0.3 is 6.18 Å². The van der Waals surface area contributed by atoms with Crippen LogP contribution < -0.4 is 10.2 Å². The fourth-order valence-electron chi connectivity index (χ4n) is 2.81. The Kier molecular flexibility index (Phi) is 5.11. The molecule has 0 radical (unpaired) electrons. The molecular formula is C18H19ClF3N3. The molecule has 0 aromatic heterocycles. The van der Waals surface area contributed by atoms with Gasteiger partial charge < -0.3 is 15.1 Å². The molecule has 0 saturated carbocycles. The summed E-state index contributed by atoms with van der Waals surface area (Å²) in [7, 11) is 2.10. The molecule has 0 spiro atoms. The lowest BCUT2D eigenvalue weighted by Gasteiger charge is -2.34. The molecule has 3 nitrogen and oxygen atoms in total. The second-order valence-corrected chi connectivity index (χ2v) is 6.62. The Morgan fingerprint density at radius 2 is 1.56 bits per heavy atom. The Hall–Kier alpha value is -1.92. The molecule has 0 aliphatic carbocycles.